The highest BCUT2D eigenvalue weighted by atomic mass is 15.2. The van der Waals surface area contributed by atoms with E-state index in [1.54, 1.807) is 0 Å². The number of nitrogens with one attached hydrogen (secondary N) is 1. The highest BCUT2D eigenvalue weighted by Gasteiger charge is 2.10. The highest BCUT2D eigenvalue weighted by Crippen LogP contribution is 2.31. The molecule has 0 radical (unpaired) electrons. The molecule has 1 aromatic heterocycles. The summed E-state index contributed by atoms with van der Waals surface area (Å²) in [5.41, 5.74) is 8.22. The molecule has 0 saturated heterocycles. The maximum Gasteiger partial charge on any atom is 0.148 e. The van der Waals surface area contributed by atoms with E-state index in [-0.39, 0.29) is 0 Å². The van der Waals surface area contributed by atoms with Gasteiger partial charge < -0.3 is 5.43 Å². The minimum absolute atomic E-state index is 0.706. The first-order valence-electron chi connectivity index (χ1n) is 6.63. The zero-order valence-electron chi connectivity index (χ0n) is 11.6. The molecular formula is C17H17N3. The van der Waals surface area contributed by atoms with E-state index >= 15 is 0 Å². The number of pyridine rings is 1. The lowest BCUT2D eigenvalue weighted by Crippen LogP contribution is -2.10. The van der Waals surface area contributed by atoms with E-state index in [2.05, 4.69) is 49.6 Å². The summed E-state index contributed by atoms with van der Waals surface area (Å²) in [5.74, 6) is 6.36. The number of nitrogen functional groups attached to an aromatic ring is 1. The number of anilines is 1. The van der Waals surface area contributed by atoms with Crippen molar-refractivity contribution in [3.63, 3.8) is 0 Å². The molecular weight excluding hydrogens is 246 g/mol. The first-order chi connectivity index (χ1) is 9.70. The van der Waals surface area contributed by atoms with Crippen molar-refractivity contribution >= 4 is 16.7 Å². The Bertz CT molecular complexity index is 764. The number of nitrogens with two attached hydrogens (primary N) is 1. The van der Waals surface area contributed by atoms with Crippen LogP contribution in [-0.4, -0.2) is 4.98 Å². The topological polar surface area (TPSA) is 50.9 Å². The normalized spacial score (nSPS) is 10.8. The van der Waals surface area contributed by atoms with Crippen molar-refractivity contribution in [2.75, 3.05) is 5.43 Å². The SMILES string of the molecule is Cc1ccc(C)c2nc(NN)c(-c3ccccc3)cc12. The molecule has 0 amide bonds. The van der Waals surface area contributed by atoms with Crippen LogP contribution in [0.3, 0.4) is 0 Å². The Hall–Kier alpha value is -2.39. The Kier molecular flexibility index (Phi) is 3.12. The number of fused-ring (bicyclic) bond motifs is 1. The predicted octanol–water partition coefficient (Wildman–Crippen LogP) is 3.80. The zero-order chi connectivity index (χ0) is 14.1. The van der Waals surface area contributed by atoms with Crippen molar-refractivity contribution in [1.82, 2.24) is 4.98 Å². The molecule has 0 aliphatic heterocycles. The van der Waals surface area contributed by atoms with Crippen molar-refractivity contribution in [3.05, 3.63) is 59.7 Å². The van der Waals surface area contributed by atoms with Crippen LogP contribution in [0.25, 0.3) is 22.0 Å². The van der Waals surface area contributed by atoms with Gasteiger partial charge in [0.1, 0.15) is 5.82 Å². The third-order valence-electron chi connectivity index (χ3n) is 3.63. The van der Waals surface area contributed by atoms with Gasteiger partial charge in [0.05, 0.1) is 5.52 Å². The van der Waals surface area contributed by atoms with E-state index < -0.39 is 0 Å². The van der Waals surface area contributed by atoms with Gasteiger partial charge in [-0.1, -0.05) is 42.5 Å². The van der Waals surface area contributed by atoms with Crippen molar-refractivity contribution in [2.45, 2.75) is 13.8 Å². The van der Waals surface area contributed by atoms with Crippen LogP contribution in [-0.2, 0) is 0 Å². The van der Waals surface area contributed by atoms with Gasteiger partial charge in [0.15, 0.2) is 0 Å². The van der Waals surface area contributed by atoms with Gasteiger partial charge in [-0.05, 0) is 36.6 Å². The summed E-state index contributed by atoms with van der Waals surface area (Å²) in [4.78, 5) is 4.69. The molecule has 3 aromatic rings. The summed E-state index contributed by atoms with van der Waals surface area (Å²) in [6, 6.07) is 16.5. The number of hydrogen-bond acceptors (Lipinski definition) is 3. The number of rotatable bonds is 2. The molecule has 0 fully saturated rings. The number of benzene rings is 2. The first kappa shape index (κ1) is 12.6. The van der Waals surface area contributed by atoms with Crippen molar-refractivity contribution in [3.8, 4) is 11.1 Å². The molecule has 0 aliphatic carbocycles. The Balaban J connectivity index is 2.35. The molecule has 3 heteroatoms. The fraction of sp³-hybridized carbons (Fsp3) is 0.118. The van der Waals surface area contributed by atoms with Crippen molar-refractivity contribution in [2.24, 2.45) is 5.84 Å². The molecule has 0 spiro atoms. The molecule has 3 nitrogen and oxygen atoms in total. The minimum Gasteiger partial charge on any atom is -0.308 e. The fourth-order valence-electron chi connectivity index (χ4n) is 2.48. The fourth-order valence-corrected chi connectivity index (χ4v) is 2.48. The molecule has 100 valence electrons. The van der Waals surface area contributed by atoms with E-state index in [1.807, 2.05) is 18.2 Å². The van der Waals surface area contributed by atoms with Crippen LogP contribution in [0, 0.1) is 13.8 Å². The van der Waals surface area contributed by atoms with E-state index in [1.165, 1.54) is 10.9 Å². The molecule has 3 N–H and O–H groups in total. The number of aromatic nitrogens is 1. The number of nitrogens with zero attached hydrogens (tertiary/aromatic N) is 1. The lowest BCUT2D eigenvalue weighted by atomic mass is 10.00. The molecule has 0 bridgehead atoms. The summed E-state index contributed by atoms with van der Waals surface area (Å²) >= 11 is 0. The first-order valence-corrected chi connectivity index (χ1v) is 6.63. The van der Waals surface area contributed by atoms with E-state index in [4.69, 9.17) is 10.8 Å². The molecule has 1 heterocycles. The van der Waals surface area contributed by atoms with Gasteiger partial charge >= 0.3 is 0 Å². The molecule has 20 heavy (non-hydrogen) atoms. The molecule has 0 unspecified atom stereocenters. The second-order valence-corrected chi connectivity index (χ2v) is 4.99. The lowest BCUT2D eigenvalue weighted by Gasteiger charge is -2.13. The van der Waals surface area contributed by atoms with Gasteiger partial charge in [0.2, 0.25) is 0 Å². The van der Waals surface area contributed by atoms with Gasteiger partial charge in [0, 0.05) is 10.9 Å². The van der Waals surface area contributed by atoms with Crippen LogP contribution in [0.2, 0.25) is 0 Å². The largest absolute Gasteiger partial charge is 0.308 e. The average Bonchev–Trinajstić information content (AvgIpc) is 2.51. The molecule has 3 rings (SSSR count). The van der Waals surface area contributed by atoms with Gasteiger partial charge in [-0.2, -0.15) is 0 Å². The minimum atomic E-state index is 0.706. The van der Waals surface area contributed by atoms with Gasteiger partial charge in [-0.15, -0.1) is 0 Å². The van der Waals surface area contributed by atoms with Gasteiger partial charge in [-0.25, -0.2) is 10.8 Å². The average molecular weight is 263 g/mol. The Morgan fingerprint density at radius 2 is 1.65 bits per heavy atom. The monoisotopic (exact) mass is 263 g/mol. The second-order valence-electron chi connectivity index (χ2n) is 4.99. The molecule has 0 atom stereocenters. The smallest absolute Gasteiger partial charge is 0.148 e. The number of hydrogen-bond donors (Lipinski definition) is 2. The predicted molar refractivity (Wildman–Crippen MR) is 84.5 cm³/mol. The Morgan fingerprint density at radius 1 is 0.950 bits per heavy atom. The Labute approximate surface area is 118 Å². The maximum atomic E-state index is 5.65. The standard InChI is InChI=1S/C17H17N3/c1-11-8-9-12(2)16-14(11)10-15(17(19-16)20-18)13-6-4-3-5-7-13/h3-10H,18H2,1-2H3,(H,19,20). The van der Waals surface area contributed by atoms with Crippen LogP contribution < -0.4 is 11.3 Å². The van der Waals surface area contributed by atoms with E-state index in [0.717, 1.165) is 22.2 Å². The Morgan fingerprint density at radius 3 is 2.35 bits per heavy atom. The second kappa shape index (κ2) is 4.94. The quantitative estimate of drug-likeness (QED) is 0.546. The lowest BCUT2D eigenvalue weighted by molar-refractivity contribution is 1.25. The maximum absolute atomic E-state index is 5.65. The third kappa shape index (κ3) is 2.02. The van der Waals surface area contributed by atoms with Crippen LogP contribution in [0.15, 0.2) is 48.5 Å². The van der Waals surface area contributed by atoms with Crippen LogP contribution in [0.4, 0.5) is 5.82 Å². The number of aryl methyl sites for hydroxylation is 2. The number of hydrazine groups is 1. The van der Waals surface area contributed by atoms with Gasteiger partial charge in [-0.3, -0.25) is 0 Å². The molecule has 0 aliphatic rings. The zero-order valence-corrected chi connectivity index (χ0v) is 11.6. The van der Waals surface area contributed by atoms with Crippen LogP contribution in [0.5, 0.6) is 0 Å². The molecule has 2 aromatic carbocycles. The summed E-state index contributed by atoms with van der Waals surface area (Å²) in [6.07, 6.45) is 0. The van der Waals surface area contributed by atoms with Crippen LogP contribution in [0.1, 0.15) is 11.1 Å². The van der Waals surface area contributed by atoms with Gasteiger partial charge in [0.25, 0.3) is 0 Å². The third-order valence-corrected chi connectivity index (χ3v) is 3.63. The van der Waals surface area contributed by atoms with Crippen molar-refractivity contribution in [1.29, 1.82) is 0 Å². The summed E-state index contributed by atoms with van der Waals surface area (Å²) in [6.45, 7) is 4.17. The van der Waals surface area contributed by atoms with Crippen LogP contribution >= 0.6 is 0 Å². The summed E-state index contributed by atoms with van der Waals surface area (Å²) < 4.78 is 0. The van der Waals surface area contributed by atoms with E-state index in [0.29, 0.717) is 5.82 Å². The summed E-state index contributed by atoms with van der Waals surface area (Å²) in [5, 5.41) is 1.17. The van der Waals surface area contributed by atoms with E-state index in [9.17, 15) is 0 Å². The summed E-state index contributed by atoms with van der Waals surface area (Å²) in [7, 11) is 0. The molecule has 0 saturated carbocycles. The van der Waals surface area contributed by atoms with Crippen molar-refractivity contribution < 1.29 is 0 Å². The highest BCUT2D eigenvalue weighted by molar-refractivity contribution is 5.92.